The van der Waals surface area contributed by atoms with E-state index >= 15 is 0 Å². The molecule has 0 saturated heterocycles. The molecule has 26 heavy (non-hydrogen) atoms. The van der Waals surface area contributed by atoms with Crippen LogP contribution < -0.4 is 11.1 Å². The maximum atomic E-state index is 13.5. The second-order valence-electron chi connectivity index (χ2n) is 5.90. The van der Waals surface area contributed by atoms with E-state index in [-0.39, 0.29) is 5.56 Å². The molecule has 5 nitrogen and oxygen atoms in total. The van der Waals surface area contributed by atoms with Crippen molar-refractivity contribution in [2.45, 2.75) is 6.92 Å². The van der Waals surface area contributed by atoms with Crippen molar-refractivity contribution < 1.29 is 8.78 Å². The third-order valence-electron chi connectivity index (χ3n) is 4.26. The number of aromatic amines is 1. The van der Waals surface area contributed by atoms with Gasteiger partial charge in [-0.3, -0.25) is 19.3 Å². The fourth-order valence-corrected chi connectivity index (χ4v) is 3.08. The van der Waals surface area contributed by atoms with Crippen LogP contribution in [0.2, 0.25) is 0 Å². The van der Waals surface area contributed by atoms with Crippen molar-refractivity contribution in [1.29, 1.82) is 0 Å². The molecule has 2 heterocycles. The SMILES string of the molecule is Cc1c2c(=O)n(-c3ccc(F)cc3)[nH]c2cc(=O)n1-c1cccc(F)c1. The van der Waals surface area contributed by atoms with Crippen LogP contribution >= 0.6 is 0 Å². The normalized spacial score (nSPS) is 11.2. The number of fused-ring (bicyclic) bond motifs is 1. The lowest BCUT2D eigenvalue weighted by Crippen LogP contribution is -2.21. The Kier molecular flexibility index (Phi) is 3.57. The van der Waals surface area contributed by atoms with Gasteiger partial charge in [-0.15, -0.1) is 0 Å². The average molecular weight is 353 g/mol. The largest absolute Gasteiger partial charge is 0.290 e. The molecule has 0 saturated carbocycles. The summed E-state index contributed by atoms with van der Waals surface area (Å²) in [4.78, 5) is 25.4. The molecule has 1 N–H and O–H groups in total. The Bertz CT molecular complexity index is 1250. The van der Waals surface area contributed by atoms with E-state index in [1.807, 2.05) is 0 Å². The van der Waals surface area contributed by atoms with Crippen LogP contribution in [0, 0.1) is 18.6 Å². The first kappa shape index (κ1) is 16.0. The molecule has 0 aliphatic carbocycles. The van der Waals surface area contributed by atoms with Crippen molar-refractivity contribution in [2.75, 3.05) is 0 Å². The summed E-state index contributed by atoms with van der Waals surface area (Å²) in [6, 6.07) is 12.3. The first-order chi connectivity index (χ1) is 12.5. The summed E-state index contributed by atoms with van der Waals surface area (Å²) in [5.41, 5.74) is 0.747. The van der Waals surface area contributed by atoms with Gasteiger partial charge in [-0.05, 0) is 49.4 Å². The van der Waals surface area contributed by atoms with Gasteiger partial charge < -0.3 is 0 Å². The molecule has 0 atom stereocenters. The minimum atomic E-state index is -0.480. The molecule has 2 aromatic carbocycles. The van der Waals surface area contributed by atoms with Crippen molar-refractivity contribution >= 4 is 10.9 Å². The Balaban J connectivity index is 2.01. The lowest BCUT2D eigenvalue weighted by molar-refractivity contribution is 0.626. The number of aromatic nitrogens is 3. The van der Waals surface area contributed by atoms with Crippen molar-refractivity contribution in [2.24, 2.45) is 0 Å². The highest BCUT2D eigenvalue weighted by atomic mass is 19.1. The van der Waals surface area contributed by atoms with Crippen LogP contribution in [0.5, 0.6) is 0 Å². The minimum Gasteiger partial charge on any atom is -0.290 e. The molecule has 0 aliphatic rings. The van der Waals surface area contributed by atoms with Gasteiger partial charge in [0.25, 0.3) is 11.1 Å². The van der Waals surface area contributed by atoms with Gasteiger partial charge in [0.05, 0.1) is 22.3 Å². The Morgan fingerprint density at radius 1 is 0.885 bits per heavy atom. The fourth-order valence-electron chi connectivity index (χ4n) is 3.08. The molecule has 0 spiro atoms. The molecular weight excluding hydrogens is 340 g/mol. The molecule has 4 aromatic rings. The number of hydrogen-bond acceptors (Lipinski definition) is 2. The molecule has 0 aliphatic heterocycles. The van der Waals surface area contributed by atoms with Crippen LogP contribution in [-0.4, -0.2) is 14.3 Å². The molecule has 2 aromatic heterocycles. The van der Waals surface area contributed by atoms with Gasteiger partial charge in [0.1, 0.15) is 11.6 Å². The van der Waals surface area contributed by atoms with Crippen LogP contribution in [0.15, 0.2) is 64.2 Å². The van der Waals surface area contributed by atoms with Crippen molar-refractivity contribution in [3.05, 3.63) is 92.6 Å². The summed E-state index contributed by atoms with van der Waals surface area (Å²) in [6.45, 7) is 1.62. The molecule has 0 unspecified atom stereocenters. The van der Waals surface area contributed by atoms with E-state index in [1.54, 1.807) is 13.0 Å². The summed E-state index contributed by atoms with van der Waals surface area (Å²) >= 11 is 0. The van der Waals surface area contributed by atoms with E-state index in [9.17, 15) is 18.4 Å². The Morgan fingerprint density at radius 2 is 1.62 bits per heavy atom. The number of nitrogens with zero attached hydrogens (tertiary/aromatic N) is 2. The standard InChI is InChI=1S/C19H13F2N3O2/c1-11-18-16(10-17(25)23(11)15-4-2-3-13(21)9-15)22-24(19(18)26)14-7-5-12(20)6-8-14/h2-10,22H,1H3. The predicted molar refractivity (Wildman–Crippen MR) is 94.1 cm³/mol. The highest BCUT2D eigenvalue weighted by molar-refractivity contribution is 5.81. The van der Waals surface area contributed by atoms with E-state index in [4.69, 9.17) is 0 Å². The third kappa shape index (κ3) is 2.45. The number of nitrogens with one attached hydrogen (secondary N) is 1. The molecule has 0 radical (unpaired) electrons. The van der Waals surface area contributed by atoms with Gasteiger partial charge in [0, 0.05) is 11.8 Å². The number of pyridine rings is 1. The van der Waals surface area contributed by atoms with Crippen LogP contribution in [0.25, 0.3) is 22.3 Å². The van der Waals surface area contributed by atoms with Crippen LogP contribution in [-0.2, 0) is 0 Å². The zero-order valence-electron chi connectivity index (χ0n) is 13.7. The third-order valence-corrected chi connectivity index (χ3v) is 4.26. The van der Waals surface area contributed by atoms with E-state index < -0.39 is 17.2 Å². The van der Waals surface area contributed by atoms with Crippen LogP contribution in [0.3, 0.4) is 0 Å². The summed E-state index contributed by atoms with van der Waals surface area (Å²) in [5.74, 6) is -0.897. The maximum Gasteiger partial charge on any atom is 0.280 e. The number of rotatable bonds is 2. The van der Waals surface area contributed by atoms with Crippen molar-refractivity contribution in [1.82, 2.24) is 14.3 Å². The first-order valence-corrected chi connectivity index (χ1v) is 7.85. The molecule has 0 bridgehead atoms. The highest BCUT2D eigenvalue weighted by Gasteiger charge is 2.16. The highest BCUT2D eigenvalue weighted by Crippen LogP contribution is 2.17. The second kappa shape index (κ2) is 5.80. The molecule has 7 heteroatoms. The molecule has 4 rings (SSSR count). The summed E-state index contributed by atoms with van der Waals surface area (Å²) in [7, 11) is 0. The topological polar surface area (TPSA) is 59.8 Å². The Hall–Kier alpha value is -3.48. The van der Waals surface area contributed by atoms with Crippen molar-refractivity contribution in [3.8, 4) is 11.4 Å². The first-order valence-electron chi connectivity index (χ1n) is 7.85. The number of H-pyrrole nitrogens is 1. The predicted octanol–water partition coefficient (Wildman–Crippen LogP) is 3.06. The number of benzene rings is 2. The van der Waals surface area contributed by atoms with Crippen LogP contribution in [0.1, 0.15) is 5.69 Å². The summed E-state index contributed by atoms with van der Waals surface area (Å²) < 4.78 is 29.2. The van der Waals surface area contributed by atoms with Gasteiger partial charge in [0.2, 0.25) is 0 Å². The van der Waals surface area contributed by atoms with Gasteiger partial charge in [-0.1, -0.05) is 6.07 Å². The smallest absolute Gasteiger partial charge is 0.280 e. The average Bonchev–Trinajstić information content (AvgIpc) is 2.92. The number of aryl methyl sites for hydroxylation is 1. The van der Waals surface area contributed by atoms with E-state index in [0.29, 0.717) is 28.0 Å². The molecule has 130 valence electrons. The van der Waals surface area contributed by atoms with E-state index in [1.165, 1.54) is 57.8 Å². The van der Waals surface area contributed by atoms with Gasteiger partial charge in [0.15, 0.2) is 0 Å². The van der Waals surface area contributed by atoms with Gasteiger partial charge in [-0.25, -0.2) is 13.5 Å². The lowest BCUT2D eigenvalue weighted by atomic mass is 10.2. The van der Waals surface area contributed by atoms with Crippen molar-refractivity contribution in [3.63, 3.8) is 0 Å². The zero-order valence-corrected chi connectivity index (χ0v) is 13.7. The molecular formula is C19H13F2N3O2. The fraction of sp³-hybridized carbons (Fsp3) is 0.0526. The Morgan fingerprint density at radius 3 is 2.31 bits per heavy atom. The van der Waals surface area contributed by atoms with E-state index in [0.717, 1.165) is 0 Å². The van der Waals surface area contributed by atoms with Gasteiger partial charge in [-0.2, -0.15) is 0 Å². The molecule has 0 fully saturated rings. The minimum absolute atomic E-state index is 0.304. The maximum absolute atomic E-state index is 13.5. The van der Waals surface area contributed by atoms with Crippen LogP contribution in [0.4, 0.5) is 8.78 Å². The van der Waals surface area contributed by atoms with Gasteiger partial charge >= 0.3 is 0 Å². The Labute approximate surface area is 145 Å². The van der Waals surface area contributed by atoms with E-state index in [2.05, 4.69) is 5.10 Å². The number of halogens is 2. The lowest BCUT2D eigenvalue weighted by Gasteiger charge is -2.10. The zero-order chi connectivity index (χ0) is 18.4. The quantitative estimate of drug-likeness (QED) is 0.602. The second-order valence-corrected chi connectivity index (χ2v) is 5.90. The number of hydrogen-bond donors (Lipinski definition) is 1. The summed E-state index contributed by atoms with van der Waals surface area (Å²) in [6.07, 6.45) is 0. The summed E-state index contributed by atoms with van der Waals surface area (Å²) in [5, 5.41) is 3.17. The monoisotopic (exact) mass is 353 g/mol. The molecule has 0 amide bonds.